The predicted molar refractivity (Wildman–Crippen MR) is 87.1 cm³/mol. The molecule has 1 fully saturated rings. The maximum Gasteiger partial charge on any atom is 0.241 e. The van der Waals surface area contributed by atoms with Gasteiger partial charge in [0.05, 0.1) is 0 Å². The van der Waals surface area contributed by atoms with Crippen LogP contribution in [0.25, 0.3) is 0 Å². The lowest BCUT2D eigenvalue weighted by Crippen LogP contribution is -2.27. The van der Waals surface area contributed by atoms with Crippen molar-refractivity contribution in [3.05, 3.63) is 15.8 Å². The van der Waals surface area contributed by atoms with E-state index in [1.165, 1.54) is 24.2 Å². The Morgan fingerprint density at radius 2 is 2.20 bits per heavy atom. The molecule has 1 saturated carbocycles. The van der Waals surface area contributed by atoms with Crippen LogP contribution in [0, 0.1) is 6.92 Å². The smallest absolute Gasteiger partial charge is 0.241 e. The standard InChI is InChI=1S/C13H22N2O2S3/c1-10-9-19-12(8-14-11-4-5-11)13(10)20(16,17)15-6-3-7-18-2/h9,11,14-15H,3-8H2,1-2H3. The van der Waals surface area contributed by atoms with E-state index in [0.29, 0.717) is 24.0 Å². The molecule has 0 aromatic carbocycles. The highest BCUT2D eigenvalue weighted by Gasteiger charge is 2.25. The van der Waals surface area contributed by atoms with Crippen LogP contribution < -0.4 is 10.0 Å². The van der Waals surface area contributed by atoms with Gasteiger partial charge in [0.15, 0.2) is 0 Å². The van der Waals surface area contributed by atoms with Gasteiger partial charge < -0.3 is 5.32 Å². The number of rotatable bonds is 9. The van der Waals surface area contributed by atoms with Crippen molar-refractivity contribution >= 4 is 33.1 Å². The third-order valence-corrected chi connectivity index (χ3v) is 6.82. The topological polar surface area (TPSA) is 58.2 Å². The van der Waals surface area contributed by atoms with Crippen LogP contribution in [0.5, 0.6) is 0 Å². The summed E-state index contributed by atoms with van der Waals surface area (Å²) in [7, 11) is -3.38. The normalized spacial score (nSPS) is 15.7. The molecular formula is C13H22N2O2S3. The van der Waals surface area contributed by atoms with E-state index in [-0.39, 0.29) is 0 Å². The first-order valence-electron chi connectivity index (χ1n) is 6.83. The van der Waals surface area contributed by atoms with E-state index in [1.807, 2.05) is 18.6 Å². The first-order valence-corrected chi connectivity index (χ1v) is 10.6. The predicted octanol–water partition coefficient (Wildman–Crippen LogP) is 2.34. The van der Waals surface area contributed by atoms with Gasteiger partial charge in [-0.25, -0.2) is 13.1 Å². The summed E-state index contributed by atoms with van der Waals surface area (Å²) in [5.41, 5.74) is 0.847. The summed E-state index contributed by atoms with van der Waals surface area (Å²) in [6.45, 7) is 3.03. The maximum absolute atomic E-state index is 12.4. The summed E-state index contributed by atoms with van der Waals surface area (Å²) in [4.78, 5) is 1.41. The molecule has 0 aliphatic heterocycles. The van der Waals surface area contributed by atoms with Crippen LogP contribution in [-0.2, 0) is 16.6 Å². The second kappa shape index (κ2) is 7.26. The van der Waals surface area contributed by atoms with Crippen molar-refractivity contribution in [3.8, 4) is 0 Å². The van der Waals surface area contributed by atoms with Crippen molar-refractivity contribution in [2.75, 3.05) is 18.6 Å². The highest BCUT2D eigenvalue weighted by molar-refractivity contribution is 7.98. The highest BCUT2D eigenvalue weighted by Crippen LogP contribution is 2.28. The van der Waals surface area contributed by atoms with Gasteiger partial charge in [-0.05, 0) is 49.1 Å². The Bertz CT molecular complexity index is 536. The highest BCUT2D eigenvalue weighted by atomic mass is 32.2. The van der Waals surface area contributed by atoms with Crippen LogP contribution in [0.1, 0.15) is 29.7 Å². The fourth-order valence-corrected chi connectivity index (χ4v) is 5.25. The van der Waals surface area contributed by atoms with Crippen LogP contribution in [0.2, 0.25) is 0 Å². The molecule has 7 heteroatoms. The average molecular weight is 335 g/mol. The summed E-state index contributed by atoms with van der Waals surface area (Å²) in [5, 5.41) is 5.32. The SMILES string of the molecule is CSCCCNS(=O)(=O)c1c(C)csc1CNC1CC1. The van der Waals surface area contributed by atoms with E-state index in [4.69, 9.17) is 0 Å². The summed E-state index contributed by atoms with van der Waals surface area (Å²) >= 11 is 3.26. The van der Waals surface area contributed by atoms with Crippen LogP contribution >= 0.6 is 23.1 Å². The molecular weight excluding hydrogens is 312 g/mol. The molecule has 0 spiro atoms. The van der Waals surface area contributed by atoms with Gasteiger partial charge in [0.2, 0.25) is 10.0 Å². The number of hydrogen-bond donors (Lipinski definition) is 2. The largest absolute Gasteiger partial charge is 0.309 e. The molecule has 1 aliphatic carbocycles. The number of thioether (sulfide) groups is 1. The summed E-state index contributed by atoms with van der Waals surface area (Å²) in [5.74, 6) is 0.973. The molecule has 0 unspecified atom stereocenters. The maximum atomic E-state index is 12.4. The van der Waals surface area contributed by atoms with Gasteiger partial charge in [-0.2, -0.15) is 11.8 Å². The summed E-state index contributed by atoms with van der Waals surface area (Å²) in [6.07, 6.45) is 5.30. The molecule has 1 aliphatic rings. The molecule has 1 aromatic heterocycles. The van der Waals surface area contributed by atoms with E-state index < -0.39 is 10.0 Å². The molecule has 2 N–H and O–H groups in total. The minimum atomic E-state index is -3.38. The second-order valence-electron chi connectivity index (χ2n) is 5.07. The van der Waals surface area contributed by atoms with Gasteiger partial charge in [0, 0.05) is 24.0 Å². The van der Waals surface area contributed by atoms with Crippen molar-refractivity contribution in [1.82, 2.24) is 10.0 Å². The molecule has 4 nitrogen and oxygen atoms in total. The third kappa shape index (κ3) is 4.46. The number of nitrogens with one attached hydrogen (secondary N) is 2. The molecule has 0 saturated heterocycles. The zero-order valence-electron chi connectivity index (χ0n) is 11.9. The van der Waals surface area contributed by atoms with Crippen molar-refractivity contribution in [2.24, 2.45) is 0 Å². The van der Waals surface area contributed by atoms with E-state index in [9.17, 15) is 8.42 Å². The minimum absolute atomic E-state index is 0.486. The van der Waals surface area contributed by atoms with Crippen molar-refractivity contribution in [3.63, 3.8) is 0 Å². The van der Waals surface area contributed by atoms with Crippen molar-refractivity contribution in [2.45, 2.75) is 43.7 Å². The van der Waals surface area contributed by atoms with Crippen LogP contribution in [-0.4, -0.2) is 33.0 Å². The van der Waals surface area contributed by atoms with Gasteiger partial charge in [-0.1, -0.05) is 0 Å². The monoisotopic (exact) mass is 334 g/mol. The van der Waals surface area contributed by atoms with E-state index in [1.54, 1.807) is 11.8 Å². The summed E-state index contributed by atoms with van der Waals surface area (Å²) in [6, 6.07) is 0.586. The average Bonchev–Trinajstić information content (AvgIpc) is 3.15. The van der Waals surface area contributed by atoms with Crippen molar-refractivity contribution in [1.29, 1.82) is 0 Å². The Kier molecular flexibility index (Phi) is 5.92. The van der Waals surface area contributed by atoms with Gasteiger partial charge in [-0.15, -0.1) is 11.3 Å². The van der Waals surface area contributed by atoms with Crippen LogP contribution in [0.3, 0.4) is 0 Å². The molecule has 0 amide bonds. The Morgan fingerprint density at radius 1 is 1.45 bits per heavy atom. The lowest BCUT2D eigenvalue weighted by Gasteiger charge is -2.09. The lowest BCUT2D eigenvalue weighted by molar-refractivity contribution is 0.578. The molecule has 0 radical (unpaired) electrons. The summed E-state index contributed by atoms with van der Waals surface area (Å²) < 4.78 is 27.6. The number of thiophene rings is 1. The Morgan fingerprint density at radius 3 is 2.85 bits per heavy atom. The fraction of sp³-hybridized carbons (Fsp3) is 0.692. The van der Waals surface area contributed by atoms with Crippen molar-refractivity contribution < 1.29 is 8.42 Å². The molecule has 114 valence electrons. The number of hydrogen-bond acceptors (Lipinski definition) is 5. The molecule has 20 heavy (non-hydrogen) atoms. The zero-order chi connectivity index (χ0) is 14.6. The lowest BCUT2D eigenvalue weighted by atomic mass is 10.3. The number of aryl methyl sites for hydroxylation is 1. The van der Waals surface area contributed by atoms with Crippen LogP contribution in [0.4, 0.5) is 0 Å². The van der Waals surface area contributed by atoms with E-state index in [0.717, 1.165) is 22.6 Å². The Balaban J connectivity index is 2.02. The quantitative estimate of drug-likeness (QED) is 0.681. The van der Waals surface area contributed by atoms with Gasteiger partial charge in [0.1, 0.15) is 4.90 Å². The minimum Gasteiger partial charge on any atom is -0.309 e. The van der Waals surface area contributed by atoms with Gasteiger partial charge in [-0.3, -0.25) is 0 Å². The molecule has 2 rings (SSSR count). The zero-order valence-corrected chi connectivity index (χ0v) is 14.4. The Hall–Kier alpha value is -0.0800. The Labute approximate surface area is 129 Å². The first-order chi connectivity index (χ1) is 9.54. The molecule has 1 heterocycles. The first kappa shape index (κ1) is 16.3. The third-order valence-electron chi connectivity index (χ3n) is 3.20. The number of sulfonamides is 1. The van der Waals surface area contributed by atoms with E-state index >= 15 is 0 Å². The fourth-order valence-electron chi connectivity index (χ4n) is 1.99. The molecule has 0 bridgehead atoms. The van der Waals surface area contributed by atoms with Gasteiger partial charge >= 0.3 is 0 Å². The van der Waals surface area contributed by atoms with Gasteiger partial charge in [0.25, 0.3) is 0 Å². The second-order valence-corrected chi connectivity index (χ2v) is 8.72. The van der Waals surface area contributed by atoms with E-state index in [2.05, 4.69) is 10.0 Å². The molecule has 1 aromatic rings. The molecule has 0 atom stereocenters. The van der Waals surface area contributed by atoms with Crippen LogP contribution in [0.15, 0.2) is 10.3 Å².